The van der Waals surface area contributed by atoms with Gasteiger partial charge in [0.1, 0.15) is 6.04 Å². The molecule has 0 saturated carbocycles. The van der Waals surface area contributed by atoms with Crippen LogP contribution in [0.2, 0.25) is 0 Å². The standard InChI is InChI=1S/C20H22N4O3/c1-5-27-20(26)14(4)22-19(25)16-11-12(2)21-18-17(16)13(3)23-24(18)15-9-7-6-8-10-15/h6-11,14H,5H2,1-4H3,(H,22,25)/t14-/m0/s1. The topological polar surface area (TPSA) is 86.1 Å². The molecule has 0 fully saturated rings. The Bertz CT molecular complexity index is 995. The Kier molecular flexibility index (Phi) is 5.21. The third-order valence-corrected chi connectivity index (χ3v) is 4.17. The maximum atomic E-state index is 12.8. The van der Waals surface area contributed by atoms with Crippen LogP contribution in [0.5, 0.6) is 0 Å². The first-order valence-corrected chi connectivity index (χ1v) is 8.82. The lowest BCUT2D eigenvalue weighted by Crippen LogP contribution is -2.39. The summed E-state index contributed by atoms with van der Waals surface area (Å²) in [5.41, 5.74) is 3.28. The lowest BCUT2D eigenvalue weighted by atomic mass is 10.1. The van der Waals surface area contributed by atoms with Crippen molar-refractivity contribution in [3.05, 3.63) is 53.3 Å². The Labute approximate surface area is 157 Å². The Morgan fingerprint density at radius 3 is 2.59 bits per heavy atom. The van der Waals surface area contributed by atoms with Gasteiger partial charge in [0.25, 0.3) is 5.91 Å². The van der Waals surface area contributed by atoms with Crippen LogP contribution in [0, 0.1) is 13.8 Å². The molecule has 3 rings (SSSR count). The fraction of sp³-hybridized carbons (Fsp3) is 0.300. The van der Waals surface area contributed by atoms with Crippen molar-refractivity contribution in [3.63, 3.8) is 0 Å². The summed E-state index contributed by atoms with van der Waals surface area (Å²) in [5, 5.41) is 7.93. The van der Waals surface area contributed by atoms with E-state index >= 15 is 0 Å². The lowest BCUT2D eigenvalue weighted by Gasteiger charge is -2.13. The third kappa shape index (κ3) is 3.67. The summed E-state index contributed by atoms with van der Waals surface area (Å²) in [4.78, 5) is 29.3. The SMILES string of the molecule is CCOC(=O)[C@H](C)NC(=O)c1cc(C)nc2c1c(C)nn2-c1ccccc1. The van der Waals surface area contributed by atoms with Crippen LogP contribution >= 0.6 is 0 Å². The molecular weight excluding hydrogens is 344 g/mol. The van der Waals surface area contributed by atoms with Crippen molar-refractivity contribution in [2.45, 2.75) is 33.7 Å². The van der Waals surface area contributed by atoms with Crippen LogP contribution in [-0.4, -0.2) is 39.3 Å². The summed E-state index contributed by atoms with van der Waals surface area (Å²) in [6.07, 6.45) is 0. The number of carbonyl (C=O) groups excluding carboxylic acids is 2. The molecule has 1 amide bonds. The molecule has 1 atom stereocenters. The number of fused-ring (bicyclic) bond motifs is 1. The molecule has 1 N–H and O–H groups in total. The average molecular weight is 366 g/mol. The summed E-state index contributed by atoms with van der Waals surface area (Å²) in [7, 11) is 0. The second-order valence-corrected chi connectivity index (χ2v) is 6.29. The zero-order chi connectivity index (χ0) is 19.6. The first kappa shape index (κ1) is 18.6. The number of nitrogens with one attached hydrogen (secondary N) is 1. The highest BCUT2D eigenvalue weighted by Gasteiger charge is 2.23. The molecule has 2 aromatic heterocycles. The van der Waals surface area contributed by atoms with Gasteiger partial charge >= 0.3 is 5.97 Å². The van der Waals surface area contributed by atoms with E-state index in [2.05, 4.69) is 15.4 Å². The molecule has 3 aromatic rings. The summed E-state index contributed by atoms with van der Waals surface area (Å²) in [5.74, 6) is -0.827. The number of pyridine rings is 1. The maximum absolute atomic E-state index is 12.8. The van der Waals surface area contributed by atoms with Gasteiger partial charge in [-0.2, -0.15) is 5.10 Å². The molecular formula is C20H22N4O3. The highest BCUT2D eigenvalue weighted by Crippen LogP contribution is 2.24. The number of aryl methyl sites for hydroxylation is 2. The van der Waals surface area contributed by atoms with E-state index < -0.39 is 12.0 Å². The van der Waals surface area contributed by atoms with E-state index in [1.165, 1.54) is 0 Å². The second kappa shape index (κ2) is 7.57. The van der Waals surface area contributed by atoms with Crippen molar-refractivity contribution in [2.75, 3.05) is 6.61 Å². The molecule has 7 heteroatoms. The van der Waals surface area contributed by atoms with Gasteiger partial charge in [-0.05, 0) is 45.9 Å². The maximum Gasteiger partial charge on any atom is 0.328 e. The number of hydrogen-bond donors (Lipinski definition) is 1. The molecule has 0 aliphatic carbocycles. The average Bonchev–Trinajstić information content (AvgIpc) is 2.98. The largest absolute Gasteiger partial charge is 0.464 e. The van der Waals surface area contributed by atoms with E-state index in [0.29, 0.717) is 28.0 Å². The first-order valence-electron chi connectivity index (χ1n) is 8.82. The highest BCUT2D eigenvalue weighted by atomic mass is 16.5. The van der Waals surface area contributed by atoms with E-state index in [1.807, 2.05) is 44.2 Å². The molecule has 0 saturated heterocycles. The summed E-state index contributed by atoms with van der Waals surface area (Å²) in [6, 6.07) is 10.6. The van der Waals surface area contributed by atoms with Crippen molar-refractivity contribution < 1.29 is 14.3 Å². The fourth-order valence-corrected chi connectivity index (χ4v) is 2.94. The molecule has 2 heterocycles. The van der Waals surface area contributed by atoms with Crippen LogP contribution in [0.3, 0.4) is 0 Å². The number of para-hydroxylation sites is 1. The van der Waals surface area contributed by atoms with Crippen LogP contribution in [0.1, 0.15) is 35.6 Å². The van der Waals surface area contributed by atoms with Crippen LogP contribution < -0.4 is 5.32 Å². The van der Waals surface area contributed by atoms with Gasteiger partial charge < -0.3 is 10.1 Å². The monoisotopic (exact) mass is 366 g/mol. The minimum absolute atomic E-state index is 0.264. The fourth-order valence-electron chi connectivity index (χ4n) is 2.94. The molecule has 0 spiro atoms. The molecule has 140 valence electrons. The smallest absolute Gasteiger partial charge is 0.328 e. The minimum Gasteiger partial charge on any atom is -0.464 e. The molecule has 1 aromatic carbocycles. The van der Waals surface area contributed by atoms with Crippen molar-refractivity contribution >= 4 is 22.9 Å². The summed E-state index contributed by atoms with van der Waals surface area (Å²) < 4.78 is 6.68. The highest BCUT2D eigenvalue weighted by molar-refractivity contribution is 6.07. The number of benzene rings is 1. The quantitative estimate of drug-likeness (QED) is 0.702. The predicted molar refractivity (Wildman–Crippen MR) is 102 cm³/mol. The minimum atomic E-state index is -0.745. The number of ether oxygens (including phenoxy) is 1. The van der Waals surface area contributed by atoms with E-state index in [4.69, 9.17) is 4.74 Å². The van der Waals surface area contributed by atoms with Gasteiger partial charge in [0, 0.05) is 5.69 Å². The van der Waals surface area contributed by atoms with Crippen molar-refractivity contribution in [1.82, 2.24) is 20.1 Å². The number of rotatable bonds is 5. The second-order valence-electron chi connectivity index (χ2n) is 6.29. The Hall–Kier alpha value is -3.22. The van der Waals surface area contributed by atoms with Crippen LogP contribution in [0.25, 0.3) is 16.7 Å². The lowest BCUT2D eigenvalue weighted by molar-refractivity contribution is -0.144. The van der Waals surface area contributed by atoms with Crippen molar-refractivity contribution in [3.8, 4) is 5.69 Å². The molecule has 0 bridgehead atoms. The Balaban J connectivity index is 2.05. The summed E-state index contributed by atoms with van der Waals surface area (Å²) >= 11 is 0. The van der Waals surface area contributed by atoms with Crippen LogP contribution in [-0.2, 0) is 9.53 Å². The number of carbonyl (C=O) groups is 2. The number of aromatic nitrogens is 3. The molecule has 7 nitrogen and oxygen atoms in total. The molecule has 0 unspecified atom stereocenters. The van der Waals surface area contributed by atoms with E-state index in [1.54, 1.807) is 24.6 Å². The van der Waals surface area contributed by atoms with Gasteiger partial charge in [0.05, 0.1) is 28.9 Å². The normalized spacial score (nSPS) is 12.0. The van der Waals surface area contributed by atoms with E-state index in [-0.39, 0.29) is 12.5 Å². The van der Waals surface area contributed by atoms with Gasteiger partial charge in [-0.15, -0.1) is 0 Å². The van der Waals surface area contributed by atoms with E-state index in [9.17, 15) is 9.59 Å². The van der Waals surface area contributed by atoms with Gasteiger partial charge in [-0.1, -0.05) is 18.2 Å². The molecule has 0 radical (unpaired) electrons. The Morgan fingerprint density at radius 1 is 1.22 bits per heavy atom. The summed E-state index contributed by atoms with van der Waals surface area (Å²) in [6.45, 7) is 7.25. The zero-order valence-electron chi connectivity index (χ0n) is 15.8. The predicted octanol–water partition coefficient (Wildman–Crippen LogP) is 2.72. The number of esters is 1. The van der Waals surface area contributed by atoms with E-state index in [0.717, 1.165) is 5.69 Å². The van der Waals surface area contributed by atoms with Crippen LogP contribution in [0.4, 0.5) is 0 Å². The van der Waals surface area contributed by atoms with Crippen LogP contribution in [0.15, 0.2) is 36.4 Å². The number of hydrogen-bond acceptors (Lipinski definition) is 5. The molecule has 0 aliphatic heterocycles. The first-order chi connectivity index (χ1) is 12.9. The number of nitrogens with zero attached hydrogens (tertiary/aromatic N) is 3. The molecule has 0 aliphatic rings. The van der Waals surface area contributed by atoms with Crippen molar-refractivity contribution in [1.29, 1.82) is 0 Å². The van der Waals surface area contributed by atoms with Gasteiger partial charge in [0.2, 0.25) is 0 Å². The number of amides is 1. The van der Waals surface area contributed by atoms with Gasteiger partial charge in [-0.3, -0.25) is 4.79 Å². The van der Waals surface area contributed by atoms with Gasteiger partial charge in [-0.25, -0.2) is 14.5 Å². The van der Waals surface area contributed by atoms with Gasteiger partial charge in [0.15, 0.2) is 5.65 Å². The Morgan fingerprint density at radius 2 is 1.93 bits per heavy atom. The third-order valence-electron chi connectivity index (χ3n) is 4.17. The van der Waals surface area contributed by atoms with Crippen molar-refractivity contribution in [2.24, 2.45) is 0 Å². The zero-order valence-corrected chi connectivity index (χ0v) is 15.8. The molecule has 27 heavy (non-hydrogen) atoms.